The number of carboxylic acids is 1. The third-order valence-corrected chi connectivity index (χ3v) is 3.37. The number of carbonyl (C=O) groups is 1. The highest BCUT2D eigenvalue weighted by molar-refractivity contribution is 7.09. The van der Waals surface area contributed by atoms with Crippen LogP contribution in [0.15, 0.2) is 41.8 Å². The lowest BCUT2D eigenvalue weighted by Crippen LogP contribution is -1.96. The molecule has 1 N–H and O–H groups in total. The van der Waals surface area contributed by atoms with Gasteiger partial charge >= 0.3 is 5.97 Å². The van der Waals surface area contributed by atoms with Crippen molar-refractivity contribution in [1.29, 1.82) is 0 Å². The molecule has 0 fully saturated rings. The number of ether oxygens (including phenoxy) is 1. The van der Waals surface area contributed by atoms with Gasteiger partial charge in [-0.2, -0.15) is 0 Å². The topological polar surface area (TPSA) is 46.5 Å². The molecule has 4 heteroatoms. The summed E-state index contributed by atoms with van der Waals surface area (Å²) in [6.07, 6.45) is 2.67. The third-order valence-electron chi connectivity index (χ3n) is 2.52. The van der Waals surface area contributed by atoms with E-state index in [4.69, 9.17) is 9.84 Å². The third kappa shape index (κ3) is 3.96. The Hall–Kier alpha value is -2.07. The fourth-order valence-electron chi connectivity index (χ4n) is 1.63. The first-order valence-electron chi connectivity index (χ1n) is 5.82. The van der Waals surface area contributed by atoms with Gasteiger partial charge in [-0.3, -0.25) is 0 Å². The van der Waals surface area contributed by atoms with Crippen LogP contribution in [0.2, 0.25) is 0 Å². The van der Waals surface area contributed by atoms with Gasteiger partial charge in [0, 0.05) is 16.5 Å². The maximum absolute atomic E-state index is 10.6. The second-order valence-electron chi connectivity index (χ2n) is 4.08. The van der Waals surface area contributed by atoms with Crippen molar-refractivity contribution < 1.29 is 14.6 Å². The molecule has 98 valence electrons. The zero-order valence-electron chi connectivity index (χ0n) is 10.5. The number of carboxylic acid groups (broad SMARTS) is 1. The molecule has 1 aromatic carbocycles. The van der Waals surface area contributed by atoms with Gasteiger partial charge in [-0.05, 0) is 36.6 Å². The van der Waals surface area contributed by atoms with E-state index in [1.807, 2.05) is 42.6 Å². The molecule has 2 aromatic rings. The van der Waals surface area contributed by atoms with Crippen molar-refractivity contribution in [3.63, 3.8) is 0 Å². The van der Waals surface area contributed by atoms with E-state index in [0.717, 1.165) is 22.1 Å². The first kappa shape index (κ1) is 13.4. The minimum Gasteiger partial charge on any atom is -0.487 e. The molecule has 19 heavy (non-hydrogen) atoms. The molecule has 3 nitrogen and oxygen atoms in total. The van der Waals surface area contributed by atoms with Crippen LogP contribution in [0.3, 0.4) is 0 Å². The van der Waals surface area contributed by atoms with Crippen LogP contribution >= 0.6 is 11.3 Å². The fraction of sp³-hybridized carbons (Fsp3) is 0.133. The summed E-state index contributed by atoms with van der Waals surface area (Å²) in [4.78, 5) is 11.7. The van der Waals surface area contributed by atoms with Crippen molar-refractivity contribution in [2.75, 3.05) is 0 Å². The van der Waals surface area contributed by atoms with E-state index >= 15 is 0 Å². The van der Waals surface area contributed by atoms with E-state index in [-0.39, 0.29) is 0 Å². The predicted octanol–water partition coefficient (Wildman–Crippen LogP) is 3.73. The summed E-state index contributed by atoms with van der Waals surface area (Å²) in [5.41, 5.74) is 1.84. The normalized spacial score (nSPS) is 10.8. The van der Waals surface area contributed by atoms with E-state index in [0.29, 0.717) is 12.4 Å². The van der Waals surface area contributed by atoms with Crippen molar-refractivity contribution in [2.45, 2.75) is 13.5 Å². The summed E-state index contributed by atoms with van der Waals surface area (Å²) in [6, 6.07) is 9.70. The highest BCUT2D eigenvalue weighted by Crippen LogP contribution is 2.23. The van der Waals surface area contributed by atoms with Crippen molar-refractivity contribution >= 4 is 23.4 Å². The van der Waals surface area contributed by atoms with E-state index in [9.17, 15) is 4.79 Å². The van der Waals surface area contributed by atoms with Crippen LogP contribution < -0.4 is 4.74 Å². The summed E-state index contributed by atoms with van der Waals surface area (Å²) in [5, 5.41) is 10.7. The molecule has 1 heterocycles. The van der Waals surface area contributed by atoms with Crippen LogP contribution in [0, 0.1) is 6.92 Å². The average Bonchev–Trinajstić information content (AvgIpc) is 2.88. The van der Waals surface area contributed by atoms with Gasteiger partial charge in [0.05, 0.1) is 0 Å². The zero-order valence-corrected chi connectivity index (χ0v) is 11.3. The zero-order chi connectivity index (χ0) is 13.7. The number of hydrogen-bond donors (Lipinski definition) is 1. The van der Waals surface area contributed by atoms with Gasteiger partial charge < -0.3 is 9.84 Å². The monoisotopic (exact) mass is 274 g/mol. The van der Waals surface area contributed by atoms with Crippen molar-refractivity contribution in [1.82, 2.24) is 0 Å². The minimum absolute atomic E-state index is 0.495. The van der Waals surface area contributed by atoms with Crippen molar-refractivity contribution in [3.05, 3.63) is 57.8 Å². The van der Waals surface area contributed by atoms with Gasteiger partial charge in [0.25, 0.3) is 0 Å². The summed E-state index contributed by atoms with van der Waals surface area (Å²) < 4.78 is 5.74. The molecule has 0 saturated carbocycles. The van der Waals surface area contributed by atoms with E-state index in [1.54, 1.807) is 17.4 Å². The Kier molecular flexibility index (Phi) is 4.36. The van der Waals surface area contributed by atoms with Crippen molar-refractivity contribution in [3.8, 4) is 5.75 Å². The number of benzene rings is 1. The second kappa shape index (κ2) is 6.20. The first-order chi connectivity index (χ1) is 9.15. The first-order valence-corrected chi connectivity index (χ1v) is 6.70. The van der Waals surface area contributed by atoms with Crippen LogP contribution in [0.25, 0.3) is 6.08 Å². The van der Waals surface area contributed by atoms with Crippen LogP contribution in [-0.2, 0) is 11.4 Å². The summed E-state index contributed by atoms with van der Waals surface area (Å²) in [5.74, 6) is -0.276. The van der Waals surface area contributed by atoms with Crippen LogP contribution in [-0.4, -0.2) is 11.1 Å². The number of thiophene rings is 1. The lowest BCUT2D eigenvalue weighted by atomic mass is 10.1. The lowest BCUT2D eigenvalue weighted by molar-refractivity contribution is -0.131. The minimum atomic E-state index is -0.967. The fourth-order valence-corrected chi connectivity index (χ4v) is 2.25. The van der Waals surface area contributed by atoms with Gasteiger partial charge in [-0.25, -0.2) is 4.79 Å². The number of hydrogen-bond acceptors (Lipinski definition) is 3. The number of rotatable bonds is 5. The maximum Gasteiger partial charge on any atom is 0.328 e. The van der Waals surface area contributed by atoms with E-state index < -0.39 is 5.97 Å². The molecule has 2 rings (SSSR count). The molecule has 0 amide bonds. The summed E-state index contributed by atoms with van der Waals surface area (Å²) >= 11 is 1.63. The summed E-state index contributed by atoms with van der Waals surface area (Å²) in [7, 11) is 0. The molecule has 0 spiro atoms. The SMILES string of the molecule is Cc1ccc(OCc2cccs2)c(C=CC(=O)O)c1. The van der Waals surface area contributed by atoms with E-state index in [1.165, 1.54) is 0 Å². The molecular weight excluding hydrogens is 260 g/mol. The molecule has 0 aliphatic heterocycles. The van der Waals surface area contributed by atoms with E-state index in [2.05, 4.69) is 0 Å². The highest BCUT2D eigenvalue weighted by Gasteiger charge is 2.03. The Balaban J connectivity index is 2.16. The molecule has 0 saturated heterocycles. The Morgan fingerprint density at radius 3 is 2.95 bits per heavy atom. The van der Waals surface area contributed by atoms with Gasteiger partial charge in [0.15, 0.2) is 0 Å². The predicted molar refractivity (Wildman–Crippen MR) is 76.5 cm³/mol. The molecule has 0 unspecified atom stereocenters. The molecule has 0 radical (unpaired) electrons. The largest absolute Gasteiger partial charge is 0.487 e. The van der Waals surface area contributed by atoms with Crippen LogP contribution in [0.5, 0.6) is 5.75 Å². The lowest BCUT2D eigenvalue weighted by Gasteiger charge is -2.09. The van der Waals surface area contributed by atoms with Gasteiger partial charge in [0.2, 0.25) is 0 Å². The second-order valence-corrected chi connectivity index (χ2v) is 5.11. The number of aliphatic carboxylic acids is 1. The highest BCUT2D eigenvalue weighted by atomic mass is 32.1. The Morgan fingerprint density at radius 2 is 2.26 bits per heavy atom. The molecule has 0 aliphatic rings. The van der Waals surface area contributed by atoms with Crippen molar-refractivity contribution in [2.24, 2.45) is 0 Å². The number of aryl methyl sites for hydroxylation is 1. The Morgan fingerprint density at radius 1 is 1.42 bits per heavy atom. The Bertz CT molecular complexity index is 585. The maximum atomic E-state index is 10.6. The Labute approximate surface area is 115 Å². The van der Waals surface area contributed by atoms with Crippen LogP contribution in [0.4, 0.5) is 0 Å². The molecule has 0 aliphatic carbocycles. The smallest absolute Gasteiger partial charge is 0.328 e. The molecule has 0 atom stereocenters. The molecule has 0 bridgehead atoms. The van der Waals surface area contributed by atoms with Gasteiger partial charge in [-0.15, -0.1) is 11.3 Å². The van der Waals surface area contributed by atoms with Crippen LogP contribution in [0.1, 0.15) is 16.0 Å². The standard InChI is InChI=1S/C15H14O3S/c1-11-4-6-14(12(9-11)5-7-15(16)17)18-10-13-3-2-8-19-13/h2-9H,10H2,1H3,(H,16,17). The quantitative estimate of drug-likeness (QED) is 0.845. The molecular formula is C15H14O3S. The average molecular weight is 274 g/mol. The molecule has 1 aromatic heterocycles. The summed E-state index contributed by atoms with van der Waals surface area (Å²) in [6.45, 7) is 2.45. The van der Waals surface area contributed by atoms with Gasteiger partial charge in [-0.1, -0.05) is 17.7 Å². The van der Waals surface area contributed by atoms with Gasteiger partial charge in [0.1, 0.15) is 12.4 Å².